The van der Waals surface area contributed by atoms with Gasteiger partial charge in [-0.15, -0.1) is 0 Å². The molecule has 15 heavy (non-hydrogen) atoms. The van der Waals surface area contributed by atoms with Crippen LogP contribution in [0.15, 0.2) is 36.0 Å². The summed E-state index contributed by atoms with van der Waals surface area (Å²) in [7, 11) is -1.12. The second-order valence-electron chi connectivity index (χ2n) is 3.90. The number of hydrogen-bond acceptors (Lipinski definition) is 1. The highest BCUT2D eigenvalue weighted by Gasteiger charge is 2.06. The van der Waals surface area contributed by atoms with E-state index in [1.807, 2.05) is 6.07 Å². The van der Waals surface area contributed by atoms with Crippen molar-refractivity contribution in [2.24, 2.45) is 0 Å². The Morgan fingerprint density at radius 1 is 1.27 bits per heavy atom. The molecule has 1 aromatic carbocycles. The smallest absolute Gasteiger partial charge is 0.201 e. The van der Waals surface area contributed by atoms with Gasteiger partial charge in [0.2, 0.25) is 9.04 Å². The molecular weight excluding hydrogens is 200 g/mol. The molecule has 0 saturated heterocycles. The highest BCUT2D eigenvalue weighted by molar-refractivity contribution is 6.58. The summed E-state index contributed by atoms with van der Waals surface area (Å²) in [6, 6.07) is 11.6. The maximum Gasteiger partial charge on any atom is 0.201 e. The molecule has 1 unspecified atom stereocenters. The van der Waals surface area contributed by atoms with Gasteiger partial charge in [-0.05, 0) is 25.5 Å². The Bertz CT molecular complexity index is 293. The van der Waals surface area contributed by atoms with Gasteiger partial charge in [0, 0.05) is 6.10 Å². The summed E-state index contributed by atoms with van der Waals surface area (Å²) in [5.74, 6) is 0. The Morgan fingerprint density at radius 2 is 1.93 bits per heavy atom. The minimum Gasteiger partial charge on any atom is -0.414 e. The first kappa shape index (κ1) is 12.2. The molecule has 0 spiro atoms. The van der Waals surface area contributed by atoms with Crippen molar-refractivity contribution in [3.63, 3.8) is 0 Å². The minimum absolute atomic E-state index is 0.349. The van der Waals surface area contributed by atoms with Gasteiger partial charge in [-0.2, -0.15) is 0 Å². The van der Waals surface area contributed by atoms with Gasteiger partial charge in [0.15, 0.2) is 0 Å². The van der Waals surface area contributed by atoms with Gasteiger partial charge in [0.05, 0.1) is 0 Å². The van der Waals surface area contributed by atoms with E-state index in [-0.39, 0.29) is 0 Å². The lowest BCUT2D eigenvalue weighted by molar-refractivity contribution is 0.247. The van der Waals surface area contributed by atoms with Crippen molar-refractivity contribution in [3.8, 4) is 0 Å². The maximum atomic E-state index is 5.87. The van der Waals surface area contributed by atoms with Crippen molar-refractivity contribution in [2.75, 3.05) is 0 Å². The molecule has 0 saturated carbocycles. The first-order valence-corrected chi connectivity index (χ1v) is 7.56. The van der Waals surface area contributed by atoms with E-state index in [4.69, 9.17) is 4.43 Å². The van der Waals surface area contributed by atoms with Crippen LogP contribution in [-0.4, -0.2) is 15.1 Å². The molecule has 1 atom stereocenters. The highest BCUT2D eigenvalue weighted by Crippen LogP contribution is 2.05. The summed E-state index contributed by atoms with van der Waals surface area (Å²) >= 11 is 0. The van der Waals surface area contributed by atoms with Gasteiger partial charge in [0.1, 0.15) is 0 Å². The second-order valence-corrected chi connectivity index (χ2v) is 6.45. The quantitative estimate of drug-likeness (QED) is 0.691. The molecule has 0 aliphatic carbocycles. The van der Waals surface area contributed by atoms with Crippen LogP contribution in [0.4, 0.5) is 0 Å². The molecule has 0 heterocycles. The average molecular weight is 220 g/mol. The standard InChI is InChI=1S/C13H20OSi/c1-4-15(14-12(2)3)11-10-13-8-6-5-7-9-13/h5-12,15H,4H2,1-3H3/b11-10+. The molecule has 82 valence electrons. The van der Waals surface area contributed by atoms with E-state index in [1.54, 1.807) is 0 Å². The van der Waals surface area contributed by atoms with E-state index >= 15 is 0 Å². The SMILES string of the molecule is CC[SiH](/C=C/c1ccccc1)OC(C)C. The fraction of sp³-hybridized carbons (Fsp3) is 0.385. The van der Waals surface area contributed by atoms with E-state index in [0.29, 0.717) is 6.10 Å². The lowest BCUT2D eigenvalue weighted by atomic mass is 10.2. The minimum atomic E-state index is -1.12. The third-order valence-electron chi connectivity index (χ3n) is 2.15. The van der Waals surface area contributed by atoms with Crippen LogP contribution in [0.5, 0.6) is 0 Å². The van der Waals surface area contributed by atoms with Crippen LogP contribution in [0.3, 0.4) is 0 Å². The van der Waals surface area contributed by atoms with Crippen molar-refractivity contribution in [1.29, 1.82) is 0 Å². The van der Waals surface area contributed by atoms with E-state index in [0.717, 1.165) is 6.04 Å². The van der Waals surface area contributed by atoms with Crippen LogP contribution in [0.2, 0.25) is 6.04 Å². The summed E-state index contributed by atoms with van der Waals surface area (Å²) < 4.78 is 5.87. The van der Waals surface area contributed by atoms with E-state index < -0.39 is 9.04 Å². The van der Waals surface area contributed by atoms with E-state index in [9.17, 15) is 0 Å². The van der Waals surface area contributed by atoms with Crippen molar-refractivity contribution in [1.82, 2.24) is 0 Å². The van der Waals surface area contributed by atoms with Crippen molar-refractivity contribution >= 4 is 15.1 Å². The highest BCUT2D eigenvalue weighted by atomic mass is 28.3. The van der Waals surface area contributed by atoms with Crippen LogP contribution in [0.25, 0.3) is 6.08 Å². The normalized spacial score (nSPS) is 13.6. The molecule has 1 rings (SSSR count). The zero-order valence-electron chi connectivity index (χ0n) is 9.81. The Morgan fingerprint density at radius 3 is 2.47 bits per heavy atom. The van der Waals surface area contributed by atoms with Crippen molar-refractivity contribution in [3.05, 3.63) is 41.6 Å². The molecular formula is C13H20OSi. The van der Waals surface area contributed by atoms with Crippen LogP contribution in [0.1, 0.15) is 26.3 Å². The maximum absolute atomic E-state index is 5.87. The molecule has 0 aromatic heterocycles. The van der Waals surface area contributed by atoms with Gasteiger partial charge < -0.3 is 4.43 Å². The largest absolute Gasteiger partial charge is 0.414 e. The first-order chi connectivity index (χ1) is 7.22. The summed E-state index contributed by atoms with van der Waals surface area (Å²) in [5.41, 5.74) is 3.53. The molecule has 0 radical (unpaired) electrons. The second kappa shape index (κ2) is 6.59. The molecule has 0 bridgehead atoms. The molecule has 1 nitrogen and oxygen atoms in total. The zero-order chi connectivity index (χ0) is 11.1. The lowest BCUT2D eigenvalue weighted by Crippen LogP contribution is -2.18. The Hall–Kier alpha value is -0.863. The van der Waals surface area contributed by atoms with Crippen molar-refractivity contribution in [2.45, 2.75) is 32.9 Å². The predicted molar refractivity (Wildman–Crippen MR) is 69.3 cm³/mol. The summed E-state index contributed by atoms with van der Waals surface area (Å²) in [4.78, 5) is 0. The number of hydrogen-bond donors (Lipinski definition) is 0. The lowest BCUT2D eigenvalue weighted by Gasteiger charge is -2.13. The Balaban J connectivity index is 2.55. The summed E-state index contributed by atoms with van der Waals surface area (Å²) in [6.07, 6.45) is 2.53. The molecule has 0 fully saturated rings. The van der Waals surface area contributed by atoms with E-state index in [1.165, 1.54) is 5.56 Å². The summed E-state index contributed by atoms with van der Waals surface area (Å²) in [6.45, 7) is 6.41. The van der Waals surface area contributed by atoms with Gasteiger partial charge in [0.25, 0.3) is 0 Å². The number of rotatable bonds is 5. The summed E-state index contributed by atoms with van der Waals surface area (Å²) in [5, 5.41) is 0. The zero-order valence-corrected chi connectivity index (χ0v) is 11.0. The van der Waals surface area contributed by atoms with Gasteiger partial charge in [-0.25, -0.2) is 0 Å². The van der Waals surface area contributed by atoms with Crippen LogP contribution < -0.4 is 0 Å². The third-order valence-corrected chi connectivity index (χ3v) is 4.47. The van der Waals surface area contributed by atoms with Gasteiger partial charge >= 0.3 is 0 Å². The fourth-order valence-corrected chi connectivity index (χ4v) is 3.10. The molecule has 0 N–H and O–H groups in total. The topological polar surface area (TPSA) is 9.23 Å². The monoisotopic (exact) mass is 220 g/mol. The first-order valence-electron chi connectivity index (χ1n) is 5.61. The van der Waals surface area contributed by atoms with Gasteiger partial charge in [-0.3, -0.25) is 0 Å². The molecule has 1 aromatic rings. The van der Waals surface area contributed by atoms with Gasteiger partial charge in [-0.1, -0.05) is 49.0 Å². The molecule has 2 heteroatoms. The fourth-order valence-electron chi connectivity index (χ4n) is 1.41. The third kappa shape index (κ3) is 4.95. The average Bonchev–Trinajstić information content (AvgIpc) is 2.25. The Labute approximate surface area is 94.5 Å². The van der Waals surface area contributed by atoms with Crippen LogP contribution >= 0.6 is 0 Å². The van der Waals surface area contributed by atoms with Crippen LogP contribution in [0, 0.1) is 0 Å². The Kier molecular flexibility index (Phi) is 5.36. The van der Waals surface area contributed by atoms with E-state index in [2.05, 4.69) is 56.8 Å². The van der Waals surface area contributed by atoms with Crippen LogP contribution in [-0.2, 0) is 4.43 Å². The molecule has 0 aliphatic heterocycles. The molecule has 0 amide bonds. The van der Waals surface area contributed by atoms with Crippen molar-refractivity contribution < 1.29 is 4.43 Å². The predicted octanol–water partition coefficient (Wildman–Crippen LogP) is 3.41. The molecule has 0 aliphatic rings. The number of benzene rings is 1.